The van der Waals surface area contributed by atoms with Crippen molar-refractivity contribution in [3.63, 3.8) is 0 Å². The quantitative estimate of drug-likeness (QED) is 0.567. The molecule has 0 saturated heterocycles. The molecule has 66 valence electrons. The second-order valence-corrected chi connectivity index (χ2v) is 2.82. The van der Waals surface area contributed by atoms with Gasteiger partial charge in [0.15, 0.2) is 0 Å². The van der Waals surface area contributed by atoms with Gasteiger partial charge in [0.05, 0.1) is 5.52 Å². The average Bonchev–Trinajstić information content (AvgIpc) is 2.15. The van der Waals surface area contributed by atoms with Crippen LogP contribution < -0.4 is 11.2 Å². The predicted octanol–water partition coefficient (Wildman–Crippen LogP) is -0.00180. The van der Waals surface area contributed by atoms with E-state index in [2.05, 4.69) is 0 Å². The first-order valence-electron chi connectivity index (χ1n) is 3.87. The van der Waals surface area contributed by atoms with E-state index in [1.54, 1.807) is 24.4 Å². The highest BCUT2D eigenvalue weighted by Crippen LogP contribution is 1.93. The predicted molar refractivity (Wildman–Crippen MR) is 48.9 cm³/mol. The van der Waals surface area contributed by atoms with Crippen molar-refractivity contribution >= 4 is 5.52 Å². The maximum Gasteiger partial charge on any atom is 0.335 e. The first-order chi connectivity index (χ1) is 6.20. The summed E-state index contributed by atoms with van der Waals surface area (Å²) in [6.45, 7) is 0. The summed E-state index contributed by atoms with van der Waals surface area (Å²) < 4.78 is 2.51. The van der Waals surface area contributed by atoms with E-state index in [1.807, 2.05) is 0 Å². The minimum absolute atomic E-state index is 0.281. The third kappa shape index (κ3) is 1.07. The standard InChI is InChI=1S/C9H8N2O2/c1-10-8(12)6-7-4-2-3-5-11(7)9(10)13/h2-6H,1H3. The minimum Gasteiger partial charge on any atom is -0.269 e. The molecule has 0 bridgehead atoms. The van der Waals surface area contributed by atoms with E-state index in [-0.39, 0.29) is 11.2 Å². The molecule has 0 unspecified atom stereocenters. The van der Waals surface area contributed by atoms with Gasteiger partial charge in [-0.2, -0.15) is 0 Å². The van der Waals surface area contributed by atoms with Crippen molar-refractivity contribution < 1.29 is 0 Å². The molecule has 2 rings (SSSR count). The van der Waals surface area contributed by atoms with Crippen LogP contribution in [0.2, 0.25) is 0 Å². The normalized spacial score (nSPS) is 10.5. The van der Waals surface area contributed by atoms with Crippen LogP contribution in [-0.2, 0) is 7.05 Å². The zero-order valence-electron chi connectivity index (χ0n) is 7.10. The van der Waals surface area contributed by atoms with Crippen molar-refractivity contribution in [3.8, 4) is 0 Å². The minimum atomic E-state index is -0.317. The SMILES string of the molecule is Cn1c(=O)cc2ccccn2c1=O. The summed E-state index contributed by atoms with van der Waals surface area (Å²) in [5.74, 6) is 0. The molecular weight excluding hydrogens is 168 g/mol. The Labute approximate surface area is 73.7 Å². The Morgan fingerprint density at radius 1 is 1.23 bits per heavy atom. The molecule has 0 spiro atoms. The average molecular weight is 176 g/mol. The third-order valence-corrected chi connectivity index (χ3v) is 1.99. The van der Waals surface area contributed by atoms with Gasteiger partial charge in [-0.3, -0.25) is 13.8 Å². The van der Waals surface area contributed by atoms with Crippen LogP contribution in [-0.4, -0.2) is 8.97 Å². The molecule has 0 aliphatic heterocycles. The van der Waals surface area contributed by atoms with Gasteiger partial charge in [-0.15, -0.1) is 0 Å². The Bertz CT molecular complexity index is 566. The van der Waals surface area contributed by atoms with Gasteiger partial charge >= 0.3 is 5.69 Å². The van der Waals surface area contributed by atoms with Crippen LogP contribution in [0.4, 0.5) is 0 Å². The van der Waals surface area contributed by atoms with Gasteiger partial charge < -0.3 is 0 Å². The van der Waals surface area contributed by atoms with E-state index in [1.165, 1.54) is 17.5 Å². The Hall–Kier alpha value is -1.84. The monoisotopic (exact) mass is 176 g/mol. The summed E-state index contributed by atoms with van der Waals surface area (Å²) in [5, 5.41) is 0. The zero-order chi connectivity index (χ0) is 9.42. The van der Waals surface area contributed by atoms with Crippen LogP contribution in [0.5, 0.6) is 0 Å². The first kappa shape index (κ1) is 7.79. The number of fused-ring (bicyclic) bond motifs is 1. The maximum absolute atomic E-state index is 11.5. The molecule has 0 fully saturated rings. The van der Waals surface area contributed by atoms with E-state index in [9.17, 15) is 9.59 Å². The topological polar surface area (TPSA) is 43.5 Å². The molecule has 0 amide bonds. The van der Waals surface area contributed by atoms with Crippen molar-refractivity contribution in [2.45, 2.75) is 0 Å². The summed E-state index contributed by atoms with van der Waals surface area (Å²) in [6, 6.07) is 6.69. The van der Waals surface area contributed by atoms with Crippen LogP contribution in [0.1, 0.15) is 0 Å². The second-order valence-electron chi connectivity index (χ2n) is 2.82. The molecule has 0 saturated carbocycles. The lowest BCUT2D eigenvalue weighted by Gasteiger charge is -2.00. The van der Waals surface area contributed by atoms with Gasteiger partial charge in [0.25, 0.3) is 5.56 Å². The Morgan fingerprint density at radius 3 is 2.77 bits per heavy atom. The van der Waals surface area contributed by atoms with Gasteiger partial charge in [0.2, 0.25) is 0 Å². The highest BCUT2D eigenvalue weighted by molar-refractivity contribution is 5.44. The Morgan fingerprint density at radius 2 is 2.00 bits per heavy atom. The molecule has 0 N–H and O–H groups in total. The van der Waals surface area contributed by atoms with Gasteiger partial charge in [0, 0.05) is 19.3 Å². The van der Waals surface area contributed by atoms with Gasteiger partial charge in [-0.25, -0.2) is 4.79 Å². The number of nitrogens with zero attached hydrogens (tertiary/aromatic N) is 2. The van der Waals surface area contributed by atoms with Crippen molar-refractivity contribution in [2.24, 2.45) is 7.05 Å². The van der Waals surface area contributed by atoms with E-state index in [0.29, 0.717) is 5.52 Å². The van der Waals surface area contributed by atoms with Crippen LogP contribution >= 0.6 is 0 Å². The summed E-state index contributed by atoms with van der Waals surface area (Å²) >= 11 is 0. The van der Waals surface area contributed by atoms with Crippen LogP contribution in [0.15, 0.2) is 40.1 Å². The van der Waals surface area contributed by atoms with Gasteiger partial charge in [0.1, 0.15) is 0 Å². The van der Waals surface area contributed by atoms with Gasteiger partial charge in [-0.05, 0) is 12.1 Å². The molecule has 4 nitrogen and oxygen atoms in total. The molecule has 0 aliphatic rings. The van der Waals surface area contributed by atoms with E-state index >= 15 is 0 Å². The van der Waals surface area contributed by atoms with E-state index in [4.69, 9.17) is 0 Å². The summed E-state index contributed by atoms with van der Waals surface area (Å²) in [4.78, 5) is 22.7. The number of pyridine rings is 1. The number of rotatable bonds is 0. The lowest BCUT2D eigenvalue weighted by Crippen LogP contribution is -2.34. The fourth-order valence-electron chi connectivity index (χ4n) is 1.23. The fraction of sp³-hybridized carbons (Fsp3) is 0.111. The fourth-order valence-corrected chi connectivity index (χ4v) is 1.23. The molecule has 0 radical (unpaired) electrons. The Kier molecular flexibility index (Phi) is 1.55. The lowest BCUT2D eigenvalue weighted by atomic mass is 10.4. The maximum atomic E-state index is 11.5. The second kappa shape index (κ2) is 2.58. The molecule has 4 heteroatoms. The molecule has 0 aliphatic carbocycles. The highest BCUT2D eigenvalue weighted by Gasteiger charge is 1.99. The lowest BCUT2D eigenvalue weighted by molar-refractivity contribution is 0.757. The largest absolute Gasteiger partial charge is 0.335 e. The number of hydrogen-bond donors (Lipinski definition) is 0. The molecule has 0 aromatic carbocycles. The molecule has 2 heterocycles. The highest BCUT2D eigenvalue weighted by atomic mass is 16.2. The smallest absolute Gasteiger partial charge is 0.269 e. The Balaban J connectivity index is 3.12. The zero-order valence-corrected chi connectivity index (χ0v) is 7.10. The van der Waals surface area contributed by atoms with E-state index in [0.717, 1.165) is 4.57 Å². The summed E-state index contributed by atoms with van der Waals surface area (Å²) in [6.07, 6.45) is 1.64. The van der Waals surface area contributed by atoms with Crippen molar-refractivity contribution in [2.75, 3.05) is 0 Å². The van der Waals surface area contributed by atoms with Crippen molar-refractivity contribution in [1.82, 2.24) is 8.97 Å². The molecular formula is C9H8N2O2. The van der Waals surface area contributed by atoms with Crippen molar-refractivity contribution in [3.05, 3.63) is 51.3 Å². The van der Waals surface area contributed by atoms with Crippen LogP contribution in [0.25, 0.3) is 5.52 Å². The third-order valence-electron chi connectivity index (χ3n) is 1.99. The number of hydrogen-bond acceptors (Lipinski definition) is 2. The first-order valence-corrected chi connectivity index (χ1v) is 3.87. The molecule has 13 heavy (non-hydrogen) atoms. The van der Waals surface area contributed by atoms with E-state index < -0.39 is 0 Å². The summed E-state index contributed by atoms with van der Waals surface area (Å²) in [5.41, 5.74) is 0.0231. The van der Waals surface area contributed by atoms with Crippen molar-refractivity contribution in [1.29, 1.82) is 0 Å². The van der Waals surface area contributed by atoms with Crippen LogP contribution in [0, 0.1) is 0 Å². The molecule has 2 aromatic rings. The van der Waals surface area contributed by atoms with Gasteiger partial charge in [-0.1, -0.05) is 6.07 Å². The summed E-state index contributed by atoms with van der Waals surface area (Å²) in [7, 11) is 1.46. The molecule has 0 atom stereocenters. The van der Waals surface area contributed by atoms with Crippen LogP contribution in [0.3, 0.4) is 0 Å². The molecule has 2 aromatic heterocycles. The number of aromatic nitrogens is 2.